The van der Waals surface area contributed by atoms with Crippen LogP contribution in [0.1, 0.15) is 18.7 Å². The SMILES string of the molecule is CCOc1nc(C(CS(C)(=O)=O)n2c(=O)[nH]c3cc(-c4cc(F)ccc4OC)ccc32)ccc1OC. The van der Waals surface area contributed by atoms with Crippen molar-refractivity contribution in [3.63, 3.8) is 0 Å². The number of methoxy groups -OCH3 is 2. The number of halogens is 1. The van der Waals surface area contributed by atoms with Gasteiger partial charge in [0.05, 0.1) is 49.3 Å². The van der Waals surface area contributed by atoms with Gasteiger partial charge in [0.2, 0.25) is 0 Å². The summed E-state index contributed by atoms with van der Waals surface area (Å²) in [7, 11) is -0.570. The van der Waals surface area contributed by atoms with Crippen molar-refractivity contribution < 1.29 is 27.0 Å². The zero-order chi connectivity index (χ0) is 26.0. The maximum Gasteiger partial charge on any atom is 0.327 e. The Balaban J connectivity index is 1.89. The van der Waals surface area contributed by atoms with Crippen LogP contribution in [0.15, 0.2) is 53.3 Å². The number of aromatic amines is 1. The molecule has 0 aliphatic carbocycles. The third-order valence-electron chi connectivity index (χ3n) is 5.65. The molecule has 9 nitrogen and oxygen atoms in total. The van der Waals surface area contributed by atoms with Gasteiger partial charge >= 0.3 is 5.69 Å². The summed E-state index contributed by atoms with van der Waals surface area (Å²) in [5, 5.41) is 0. The first kappa shape index (κ1) is 25.2. The van der Waals surface area contributed by atoms with E-state index in [0.717, 1.165) is 6.26 Å². The van der Waals surface area contributed by atoms with Gasteiger partial charge in [-0.25, -0.2) is 22.6 Å². The van der Waals surface area contributed by atoms with Crippen LogP contribution in [-0.4, -0.2) is 55.8 Å². The molecule has 4 rings (SSSR count). The van der Waals surface area contributed by atoms with E-state index in [1.165, 1.54) is 37.0 Å². The van der Waals surface area contributed by atoms with E-state index in [1.807, 2.05) is 0 Å². The number of pyridine rings is 1. The molecule has 0 radical (unpaired) electrons. The van der Waals surface area contributed by atoms with Crippen molar-refractivity contribution in [3.8, 4) is 28.5 Å². The lowest BCUT2D eigenvalue weighted by Gasteiger charge is -2.19. The summed E-state index contributed by atoms with van der Waals surface area (Å²) < 4.78 is 56.2. The lowest BCUT2D eigenvalue weighted by atomic mass is 10.0. The van der Waals surface area contributed by atoms with Crippen molar-refractivity contribution in [1.82, 2.24) is 14.5 Å². The Kier molecular flexibility index (Phi) is 7.02. The largest absolute Gasteiger partial charge is 0.496 e. The molecule has 0 amide bonds. The van der Waals surface area contributed by atoms with Crippen molar-refractivity contribution in [1.29, 1.82) is 0 Å². The second kappa shape index (κ2) is 10.0. The van der Waals surface area contributed by atoms with E-state index >= 15 is 0 Å². The number of H-pyrrole nitrogens is 1. The lowest BCUT2D eigenvalue weighted by Crippen LogP contribution is -2.29. The van der Waals surface area contributed by atoms with E-state index in [9.17, 15) is 17.6 Å². The number of nitrogens with one attached hydrogen (secondary N) is 1. The van der Waals surface area contributed by atoms with Gasteiger partial charge in [-0.05, 0) is 55.0 Å². The van der Waals surface area contributed by atoms with Crippen LogP contribution in [0.25, 0.3) is 22.2 Å². The number of ether oxygens (including phenoxy) is 3. The molecular weight excluding hydrogens is 489 g/mol. The summed E-state index contributed by atoms with van der Waals surface area (Å²) in [6.45, 7) is 2.11. The average Bonchev–Trinajstić information content (AvgIpc) is 3.16. The third kappa shape index (κ3) is 5.06. The van der Waals surface area contributed by atoms with Gasteiger partial charge in [-0.15, -0.1) is 0 Å². The van der Waals surface area contributed by atoms with Crippen LogP contribution in [-0.2, 0) is 9.84 Å². The fourth-order valence-corrected chi connectivity index (χ4v) is 5.01. The van der Waals surface area contributed by atoms with E-state index in [-0.39, 0.29) is 11.6 Å². The van der Waals surface area contributed by atoms with Crippen molar-refractivity contribution in [2.45, 2.75) is 13.0 Å². The van der Waals surface area contributed by atoms with Gasteiger partial charge in [-0.2, -0.15) is 0 Å². The van der Waals surface area contributed by atoms with Crippen LogP contribution in [0.2, 0.25) is 0 Å². The Morgan fingerprint density at radius 1 is 1.06 bits per heavy atom. The molecule has 11 heteroatoms. The van der Waals surface area contributed by atoms with Crippen LogP contribution in [0.3, 0.4) is 0 Å². The van der Waals surface area contributed by atoms with Gasteiger partial charge in [0, 0.05) is 11.8 Å². The minimum Gasteiger partial charge on any atom is -0.496 e. The first-order chi connectivity index (χ1) is 17.1. The molecule has 0 bridgehead atoms. The monoisotopic (exact) mass is 515 g/mol. The maximum absolute atomic E-state index is 13.9. The zero-order valence-corrected chi connectivity index (χ0v) is 21.1. The van der Waals surface area contributed by atoms with Crippen LogP contribution in [0.5, 0.6) is 17.4 Å². The highest BCUT2D eigenvalue weighted by Crippen LogP contribution is 2.34. The molecule has 0 saturated carbocycles. The molecule has 0 spiro atoms. The predicted octanol–water partition coefficient (Wildman–Crippen LogP) is 3.58. The summed E-state index contributed by atoms with van der Waals surface area (Å²) in [6, 6.07) is 11.5. The molecule has 1 N–H and O–H groups in total. The number of imidazole rings is 1. The molecule has 0 fully saturated rings. The minimum absolute atomic E-state index is 0.198. The van der Waals surface area contributed by atoms with Gasteiger partial charge in [0.1, 0.15) is 21.4 Å². The Morgan fingerprint density at radius 2 is 1.78 bits per heavy atom. The lowest BCUT2D eigenvalue weighted by molar-refractivity contribution is 0.296. The Hall–Kier alpha value is -3.86. The van der Waals surface area contributed by atoms with Crippen molar-refractivity contribution >= 4 is 20.9 Å². The molecule has 1 unspecified atom stereocenters. The van der Waals surface area contributed by atoms with E-state index in [4.69, 9.17) is 14.2 Å². The number of rotatable bonds is 9. The maximum atomic E-state index is 13.9. The summed E-state index contributed by atoms with van der Waals surface area (Å²) >= 11 is 0. The fourth-order valence-electron chi connectivity index (χ4n) is 4.12. The summed E-state index contributed by atoms with van der Waals surface area (Å²) in [4.78, 5) is 20.4. The van der Waals surface area contributed by atoms with E-state index in [2.05, 4.69) is 9.97 Å². The standard InChI is InChI=1S/C25H26FN3O6S/c1-5-35-24-23(34-3)11-8-18(27-24)21(14-36(4,31)32)29-20-9-6-15(12-19(20)28-25(29)30)17-13-16(26)7-10-22(17)33-2/h6-13,21H,5,14H2,1-4H3,(H,28,30). The number of nitrogens with zero attached hydrogens (tertiary/aromatic N) is 2. The van der Waals surface area contributed by atoms with E-state index < -0.39 is 27.4 Å². The molecule has 0 saturated heterocycles. The highest BCUT2D eigenvalue weighted by atomic mass is 32.2. The number of hydrogen-bond acceptors (Lipinski definition) is 7. The van der Waals surface area contributed by atoms with Crippen molar-refractivity contribution in [2.75, 3.05) is 32.8 Å². The summed E-state index contributed by atoms with van der Waals surface area (Å²) in [5.74, 6) is 0.256. The number of fused-ring (bicyclic) bond motifs is 1. The molecule has 0 aliphatic heterocycles. The second-order valence-corrected chi connectivity index (χ2v) is 10.3. The highest BCUT2D eigenvalue weighted by molar-refractivity contribution is 7.90. The molecule has 4 aromatic rings. The Morgan fingerprint density at radius 3 is 2.44 bits per heavy atom. The minimum atomic E-state index is -3.53. The summed E-state index contributed by atoms with van der Waals surface area (Å²) in [5.41, 5.74) is 1.84. The van der Waals surface area contributed by atoms with E-state index in [1.54, 1.807) is 37.3 Å². The second-order valence-electron chi connectivity index (χ2n) is 8.16. The zero-order valence-electron chi connectivity index (χ0n) is 20.2. The van der Waals surface area contributed by atoms with Gasteiger partial charge < -0.3 is 19.2 Å². The fraction of sp³-hybridized carbons (Fsp3) is 0.280. The molecule has 190 valence electrons. The van der Waals surface area contributed by atoms with Gasteiger partial charge in [0.15, 0.2) is 5.75 Å². The normalized spacial score (nSPS) is 12.5. The first-order valence-corrected chi connectivity index (χ1v) is 13.1. The summed E-state index contributed by atoms with van der Waals surface area (Å²) in [6.07, 6.45) is 1.10. The number of aromatic nitrogens is 3. The molecule has 2 aromatic carbocycles. The molecule has 0 aliphatic rings. The Bertz CT molecular complexity index is 1580. The van der Waals surface area contributed by atoms with Gasteiger partial charge in [-0.1, -0.05) is 6.07 Å². The predicted molar refractivity (Wildman–Crippen MR) is 134 cm³/mol. The number of hydrogen-bond donors (Lipinski definition) is 1. The molecule has 2 heterocycles. The molecule has 2 aromatic heterocycles. The third-order valence-corrected chi connectivity index (χ3v) is 6.57. The molecular formula is C25H26FN3O6S. The number of benzene rings is 2. The van der Waals surface area contributed by atoms with Crippen LogP contribution in [0, 0.1) is 5.82 Å². The van der Waals surface area contributed by atoms with Crippen molar-refractivity contribution in [2.24, 2.45) is 0 Å². The van der Waals surface area contributed by atoms with Crippen molar-refractivity contribution in [3.05, 3.63) is 70.5 Å². The quantitative estimate of drug-likeness (QED) is 0.363. The Labute approximate surface area is 207 Å². The van der Waals surface area contributed by atoms with Crippen LogP contribution < -0.4 is 19.9 Å². The van der Waals surface area contributed by atoms with E-state index in [0.29, 0.717) is 46.0 Å². The van der Waals surface area contributed by atoms with Gasteiger partial charge in [0.25, 0.3) is 5.88 Å². The van der Waals surface area contributed by atoms with Gasteiger partial charge in [-0.3, -0.25) is 4.57 Å². The smallest absolute Gasteiger partial charge is 0.327 e. The van der Waals surface area contributed by atoms with Crippen LogP contribution in [0.4, 0.5) is 4.39 Å². The average molecular weight is 516 g/mol. The molecule has 1 atom stereocenters. The topological polar surface area (TPSA) is 113 Å². The van der Waals surface area contributed by atoms with Crippen LogP contribution >= 0.6 is 0 Å². The first-order valence-electron chi connectivity index (χ1n) is 11.1. The highest BCUT2D eigenvalue weighted by Gasteiger charge is 2.26. The number of sulfone groups is 1. The molecule has 36 heavy (non-hydrogen) atoms.